The standard InChI is InChI=1S/C16H17FN2/c17-15-5-6-16(12(9-15)7-8-18)19-10-13-3-1-2-4-14(13)11-19/h1-6,9H,7-8,10-11,18H2. The van der Waals surface area contributed by atoms with E-state index in [2.05, 4.69) is 29.2 Å². The molecule has 0 atom stereocenters. The van der Waals surface area contributed by atoms with Crippen LogP contribution in [-0.4, -0.2) is 6.54 Å². The van der Waals surface area contributed by atoms with Gasteiger partial charge >= 0.3 is 0 Å². The van der Waals surface area contributed by atoms with Crippen molar-refractivity contribution in [2.45, 2.75) is 19.5 Å². The molecule has 0 bridgehead atoms. The van der Waals surface area contributed by atoms with E-state index in [1.807, 2.05) is 6.07 Å². The molecule has 0 saturated heterocycles. The zero-order valence-electron chi connectivity index (χ0n) is 10.8. The molecule has 0 aromatic heterocycles. The Morgan fingerprint density at radius 1 is 1.05 bits per heavy atom. The van der Waals surface area contributed by atoms with E-state index in [0.29, 0.717) is 13.0 Å². The fourth-order valence-electron chi connectivity index (χ4n) is 2.72. The van der Waals surface area contributed by atoms with Gasteiger partial charge in [-0.1, -0.05) is 24.3 Å². The Bertz CT molecular complexity index is 570. The largest absolute Gasteiger partial charge is 0.363 e. The summed E-state index contributed by atoms with van der Waals surface area (Å²) >= 11 is 0. The van der Waals surface area contributed by atoms with Gasteiger partial charge in [-0.2, -0.15) is 0 Å². The third kappa shape index (κ3) is 2.34. The molecule has 2 aromatic rings. The lowest BCUT2D eigenvalue weighted by Crippen LogP contribution is -2.17. The van der Waals surface area contributed by atoms with E-state index in [4.69, 9.17) is 5.73 Å². The molecule has 19 heavy (non-hydrogen) atoms. The first kappa shape index (κ1) is 12.2. The third-order valence-corrected chi connectivity index (χ3v) is 3.64. The second-order valence-electron chi connectivity index (χ2n) is 4.94. The minimum atomic E-state index is -0.191. The van der Waals surface area contributed by atoms with E-state index < -0.39 is 0 Å². The maximum Gasteiger partial charge on any atom is 0.123 e. The van der Waals surface area contributed by atoms with Crippen molar-refractivity contribution in [3.63, 3.8) is 0 Å². The van der Waals surface area contributed by atoms with Crippen LogP contribution in [0.25, 0.3) is 0 Å². The lowest BCUT2D eigenvalue weighted by molar-refractivity contribution is 0.624. The van der Waals surface area contributed by atoms with Gasteiger partial charge in [0.05, 0.1) is 0 Å². The molecule has 0 amide bonds. The van der Waals surface area contributed by atoms with Crippen LogP contribution in [0, 0.1) is 5.82 Å². The summed E-state index contributed by atoms with van der Waals surface area (Å²) in [5.41, 5.74) is 10.4. The Morgan fingerprint density at radius 2 is 1.74 bits per heavy atom. The van der Waals surface area contributed by atoms with Gasteiger partial charge in [-0.3, -0.25) is 0 Å². The van der Waals surface area contributed by atoms with Gasteiger partial charge in [0.25, 0.3) is 0 Å². The van der Waals surface area contributed by atoms with Gasteiger partial charge in [0.15, 0.2) is 0 Å². The molecule has 1 aliphatic rings. The number of rotatable bonds is 3. The molecule has 1 aliphatic heterocycles. The molecule has 2 aromatic carbocycles. The molecular formula is C16H17FN2. The van der Waals surface area contributed by atoms with Gasteiger partial charge in [0.2, 0.25) is 0 Å². The molecule has 0 aliphatic carbocycles. The zero-order chi connectivity index (χ0) is 13.2. The average Bonchev–Trinajstić information content (AvgIpc) is 2.82. The molecule has 1 heterocycles. The Balaban J connectivity index is 1.92. The van der Waals surface area contributed by atoms with Crippen LogP contribution in [0.2, 0.25) is 0 Å². The lowest BCUT2D eigenvalue weighted by atomic mass is 10.1. The highest BCUT2D eigenvalue weighted by Crippen LogP contribution is 2.31. The minimum absolute atomic E-state index is 0.191. The van der Waals surface area contributed by atoms with E-state index in [0.717, 1.165) is 24.3 Å². The predicted molar refractivity (Wildman–Crippen MR) is 75.5 cm³/mol. The highest BCUT2D eigenvalue weighted by molar-refractivity contribution is 5.57. The first-order valence-electron chi connectivity index (χ1n) is 6.58. The minimum Gasteiger partial charge on any atom is -0.363 e. The quantitative estimate of drug-likeness (QED) is 0.915. The van der Waals surface area contributed by atoms with Crippen LogP contribution in [0.4, 0.5) is 10.1 Å². The second-order valence-corrected chi connectivity index (χ2v) is 4.94. The summed E-state index contributed by atoms with van der Waals surface area (Å²) in [4.78, 5) is 2.29. The van der Waals surface area contributed by atoms with Crippen molar-refractivity contribution in [3.05, 3.63) is 65.0 Å². The van der Waals surface area contributed by atoms with Crippen LogP contribution in [0.1, 0.15) is 16.7 Å². The molecule has 0 fully saturated rings. The van der Waals surface area contributed by atoms with E-state index >= 15 is 0 Å². The van der Waals surface area contributed by atoms with Crippen molar-refractivity contribution >= 4 is 5.69 Å². The third-order valence-electron chi connectivity index (χ3n) is 3.64. The molecule has 0 spiro atoms. The number of hydrogen-bond donors (Lipinski definition) is 1. The van der Waals surface area contributed by atoms with Gasteiger partial charge in [-0.05, 0) is 47.9 Å². The maximum absolute atomic E-state index is 13.4. The van der Waals surface area contributed by atoms with Gasteiger partial charge in [0, 0.05) is 18.8 Å². The van der Waals surface area contributed by atoms with Crippen molar-refractivity contribution in [2.24, 2.45) is 5.73 Å². The highest BCUT2D eigenvalue weighted by Gasteiger charge is 2.20. The SMILES string of the molecule is NCCc1cc(F)ccc1N1Cc2ccccc2C1. The first-order valence-corrected chi connectivity index (χ1v) is 6.58. The van der Waals surface area contributed by atoms with Gasteiger partial charge in [-0.25, -0.2) is 4.39 Å². The topological polar surface area (TPSA) is 29.3 Å². The summed E-state index contributed by atoms with van der Waals surface area (Å²) in [6.45, 7) is 2.32. The molecule has 0 radical (unpaired) electrons. The molecular weight excluding hydrogens is 239 g/mol. The van der Waals surface area contributed by atoms with Crippen LogP contribution in [-0.2, 0) is 19.5 Å². The smallest absolute Gasteiger partial charge is 0.123 e. The Hall–Kier alpha value is -1.87. The Kier molecular flexibility index (Phi) is 3.22. The predicted octanol–water partition coefficient (Wildman–Crippen LogP) is 2.85. The molecule has 0 saturated carbocycles. The number of hydrogen-bond acceptors (Lipinski definition) is 2. The normalized spacial score (nSPS) is 13.7. The van der Waals surface area contributed by atoms with Crippen LogP contribution in [0.5, 0.6) is 0 Å². The maximum atomic E-state index is 13.4. The first-order chi connectivity index (χ1) is 9.28. The van der Waals surface area contributed by atoms with Crippen molar-refractivity contribution in [1.82, 2.24) is 0 Å². The van der Waals surface area contributed by atoms with Crippen LogP contribution < -0.4 is 10.6 Å². The Morgan fingerprint density at radius 3 is 2.37 bits per heavy atom. The highest BCUT2D eigenvalue weighted by atomic mass is 19.1. The average molecular weight is 256 g/mol. The van der Waals surface area contributed by atoms with E-state index in [9.17, 15) is 4.39 Å². The van der Waals surface area contributed by atoms with E-state index in [-0.39, 0.29) is 5.82 Å². The monoisotopic (exact) mass is 256 g/mol. The second kappa shape index (κ2) is 5.02. The number of benzene rings is 2. The lowest BCUT2D eigenvalue weighted by Gasteiger charge is -2.21. The zero-order valence-corrected chi connectivity index (χ0v) is 10.8. The fourth-order valence-corrected chi connectivity index (χ4v) is 2.72. The Labute approximate surface area is 112 Å². The summed E-state index contributed by atoms with van der Waals surface area (Å²) < 4.78 is 13.4. The fraction of sp³-hybridized carbons (Fsp3) is 0.250. The summed E-state index contributed by atoms with van der Waals surface area (Å²) in [6, 6.07) is 13.4. The number of fused-ring (bicyclic) bond motifs is 1. The molecule has 98 valence electrons. The van der Waals surface area contributed by atoms with Crippen molar-refractivity contribution in [1.29, 1.82) is 0 Å². The van der Waals surface area contributed by atoms with Crippen LogP contribution in [0.3, 0.4) is 0 Å². The number of halogens is 1. The summed E-state index contributed by atoms with van der Waals surface area (Å²) in [5.74, 6) is -0.191. The van der Waals surface area contributed by atoms with Gasteiger partial charge in [0.1, 0.15) is 5.82 Å². The molecule has 2 nitrogen and oxygen atoms in total. The molecule has 0 unspecified atom stereocenters. The van der Waals surface area contributed by atoms with Crippen molar-refractivity contribution in [3.8, 4) is 0 Å². The molecule has 3 rings (SSSR count). The number of nitrogens with two attached hydrogens (primary N) is 1. The summed E-state index contributed by atoms with van der Waals surface area (Å²) in [7, 11) is 0. The summed E-state index contributed by atoms with van der Waals surface area (Å²) in [6.07, 6.45) is 0.708. The van der Waals surface area contributed by atoms with Gasteiger partial charge in [-0.15, -0.1) is 0 Å². The number of anilines is 1. The van der Waals surface area contributed by atoms with Crippen molar-refractivity contribution < 1.29 is 4.39 Å². The molecule has 3 heteroatoms. The summed E-state index contributed by atoms with van der Waals surface area (Å²) in [5, 5.41) is 0. The van der Waals surface area contributed by atoms with Crippen LogP contribution in [0.15, 0.2) is 42.5 Å². The molecule has 2 N–H and O–H groups in total. The van der Waals surface area contributed by atoms with Gasteiger partial charge < -0.3 is 10.6 Å². The number of nitrogens with zero attached hydrogens (tertiary/aromatic N) is 1. The van der Waals surface area contributed by atoms with Crippen molar-refractivity contribution in [2.75, 3.05) is 11.4 Å². The van der Waals surface area contributed by atoms with E-state index in [1.54, 1.807) is 6.07 Å². The van der Waals surface area contributed by atoms with E-state index in [1.165, 1.54) is 17.2 Å². The van der Waals surface area contributed by atoms with Crippen LogP contribution >= 0.6 is 0 Å².